The quantitative estimate of drug-likeness (QED) is 0.719. The van der Waals surface area contributed by atoms with Gasteiger partial charge in [-0.25, -0.2) is 0 Å². The van der Waals surface area contributed by atoms with Crippen LogP contribution in [-0.2, 0) is 0 Å². The molecule has 1 saturated carbocycles. The summed E-state index contributed by atoms with van der Waals surface area (Å²) in [4.78, 5) is 12.5. The van der Waals surface area contributed by atoms with E-state index in [0.717, 1.165) is 41.5 Å². The first-order valence-electron chi connectivity index (χ1n) is 6.25. The Hall–Kier alpha value is -0.830. The molecule has 1 spiro atoms. The Bertz CT molecular complexity index is 459. The van der Waals surface area contributed by atoms with Gasteiger partial charge in [-0.1, -0.05) is 28.8 Å². The van der Waals surface area contributed by atoms with Crippen LogP contribution in [0.2, 0.25) is 0 Å². The minimum Gasteiger partial charge on any atom is -0.478 e. The van der Waals surface area contributed by atoms with E-state index in [2.05, 4.69) is 15.9 Å². The molecule has 0 unspecified atom stereocenters. The summed E-state index contributed by atoms with van der Waals surface area (Å²) in [6.07, 6.45) is 6.38. The molecule has 0 amide bonds. The molecule has 0 N–H and O–H groups in total. The van der Waals surface area contributed by atoms with Crippen LogP contribution in [0.1, 0.15) is 48.9 Å². The first-order chi connectivity index (χ1) is 8.21. The van der Waals surface area contributed by atoms with Gasteiger partial charge in [0.05, 0.1) is 5.56 Å². The molecule has 1 heterocycles. The average molecular weight is 295 g/mol. The highest BCUT2D eigenvalue weighted by molar-refractivity contribution is 9.10. The van der Waals surface area contributed by atoms with E-state index in [4.69, 9.17) is 4.74 Å². The lowest BCUT2D eigenvalue weighted by Crippen LogP contribution is -2.39. The largest absolute Gasteiger partial charge is 0.478 e. The van der Waals surface area contributed by atoms with Crippen LogP contribution in [0.5, 0.6) is 5.75 Å². The molecular formula is C14H15BrO2. The van der Waals surface area contributed by atoms with Gasteiger partial charge in [0.2, 0.25) is 5.78 Å². The van der Waals surface area contributed by atoms with Gasteiger partial charge in [0, 0.05) is 4.47 Å². The van der Waals surface area contributed by atoms with Gasteiger partial charge in [0.25, 0.3) is 0 Å². The molecule has 1 aliphatic carbocycles. The van der Waals surface area contributed by atoms with Gasteiger partial charge in [0.1, 0.15) is 5.75 Å². The number of halogens is 1. The van der Waals surface area contributed by atoms with Crippen LogP contribution in [0.25, 0.3) is 0 Å². The van der Waals surface area contributed by atoms with Crippen LogP contribution >= 0.6 is 15.9 Å². The van der Waals surface area contributed by atoms with Crippen molar-refractivity contribution in [3.63, 3.8) is 0 Å². The topological polar surface area (TPSA) is 26.3 Å². The predicted octanol–water partition coefficient (Wildman–Crippen LogP) is 4.12. The highest BCUT2D eigenvalue weighted by Gasteiger charge is 2.47. The second kappa shape index (κ2) is 4.13. The van der Waals surface area contributed by atoms with Crippen molar-refractivity contribution in [3.05, 3.63) is 28.2 Å². The molecule has 17 heavy (non-hydrogen) atoms. The number of rotatable bonds is 0. The van der Waals surface area contributed by atoms with E-state index in [-0.39, 0.29) is 5.78 Å². The molecule has 2 aliphatic rings. The number of benzene rings is 1. The van der Waals surface area contributed by atoms with Crippen LogP contribution in [0.3, 0.4) is 0 Å². The zero-order valence-electron chi connectivity index (χ0n) is 9.67. The van der Waals surface area contributed by atoms with Crippen molar-refractivity contribution in [3.8, 4) is 5.75 Å². The molecule has 1 aromatic rings. The summed E-state index contributed by atoms with van der Waals surface area (Å²) < 4.78 is 6.96. The Balaban J connectivity index is 1.99. The number of hydrogen-bond acceptors (Lipinski definition) is 2. The summed E-state index contributed by atoms with van der Waals surface area (Å²) in [5.41, 5.74) is 0.209. The lowest BCUT2D eigenvalue weighted by atomic mass is 9.88. The van der Waals surface area contributed by atoms with Crippen molar-refractivity contribution in [2.24, 2.45) is 0 Å². The highest BCUT2D eigenvalue weighted by Crippen LogP contribution is 2.43. The Morgan fingerprint density at radius 2 is 1.82 bits per heavy atom. The van der Waals surface area contributed by atoms with Gasteiger partial charge >= 0.3 is 0 Å². The molecule has 1 fully saturated rings. The fraction of sp³-hybridized carbons (Fsp3) is 0.500. The zero-order valence-corrected chi connectivity index (χ0v) is 11.3. The Morgan fingerprint density at radius 1 is 1.12 bits per heavy atom. The molecule has 1 aliphatic heterocycles. The summed E-state index contributed by atoms with van der Waals surface area (Å²) in [7, 11) is 0. The first kappa shape index (κ1) is 11.3. The molecule has 1 aromatic carbocycles. The van der Waals surface area contributed by atoms with Crippen molar-refractivity contribution >= 4 is 21.7 Å². The van der Waals surface area contributed by atoms with Gasteiger partial charge < -0.3 is 4.74 Å². The molecule has 3 rings (SSSR count). The van der Waals surface area contributed by atoms with E-state index in [1.807, 2.05) is 18.2 Å². The van der Waals surface area contributed by atoms with Gasteiger partial charge in [-0.05, 0) is 43.9 Å². The Labute approximate surface area is 109 Å². The lowest BCUT2D eigenvalue weighted by Gasteiger charge is -2.25. The number of fused-ring (bicyclic) bond motifs is 1. The van der Waals surface area contributed by atoms with E-state index in [9.17, 15) is 4.79 Å². The molecule has 0 saturated heterocycles. The Morgan fingerprint density at radius 3 is 2.53 bits per heavy atom. The first-order valence-corrected chi connectivity index (χ1v) is 7.04. The maximum absolute atomic E-state index is 12.5. The van der Waals surface area contributed by atoms with E-state index in [1.165, 1.54) is 12.8 Å². The Kier molecular flexibility index (Phi) is 2.74. The van der Waals surface area contributed by atoms with E-state index < -0.39 is 5.60 Å². The molecular weight excluding hydrogens is 280 g/mol. The summed E-state index contributed by atoms with van der Waals surface area (Å²) >= 11 is 3.41. The molecule has 2 nitrogen and oxygen atoms in total. The molecule has 0 atom stereocenters. The molecule has 3 heteroatoms. The van der Waals surface area contributed by atoms with Crippen molar-refractivity contribution < 1.29 is 9.53 Å². The van der Waals surface area contributed by atoms with Crippen LogP contribution in [0.4, 0.5) is 0 Å². The number of ether oxygens (including phenoxy) is 1. The summed E-state index contributed by atoms with van der Waals surface area (Å²) in [5.74, 6) is 0.954. The van der Waals surface area contributed by atoms with E-state index in [0.29, 0.717) is 0 Å². The number of ketones is 1. The maximum atomic E-state index is 12.5. The highest BCUT2D eigenvalue weighted by atomic mass is 79.9. The standard InChI is InChI=1S/C14H15BrO2/c15-10-5-6-12-11(9-10)13(16)14(17-12)7-3-1-2-4-8-14/h5-6,9H,1-4,7-8H2. The predicted molar refractivity (Wildman–Crippen MR) is 69.5 cm³/mol. The van der Waals surface area contributed by atoms with Gasteiger partial charge in [-0.2, -0.15) is 0 Å². The third kappa shape index (κ3) is 1.81. The number of hydrogen-bond donors (Lipinski definition) is 0. The molecule has 90 valence electrons. The third-order valence-electron chi connectivity index (χ3n) is 3.82. The van der Waals surface area contributed by atoms with Crippen LogP contribution in [0.15, 0.2) is 22.7 Å². The lowest BCUT2D eigenvalue weighted by molar-refractivity contribution is 0.0496. The molecule has 0 bridgehead atoms. The number of carbonyl (C=O) groups excluding carboxylic acids is 1. The summed E-state index contributed by atoms with van der Waals surface area (Å²) in [6.45, 7) is 0. The van der Waals surface area contributed by atoms with Crippen molar-refractivity contribution in [1.82, 2.24) is 0 Å². The minimum absolute atomic E-state index is 0.190. The van der Waals surface area contributed by atoms with Crippen molar-refractivity contribution in [1.29, 1.82) is 0 Å². The average Bonchev–Trinajstić information content (AvgIpc) is 2.51. The van der Waals surface area contributed by atoms with Crippen LogP contribution < -0.4 is 4.74 Å². The van der Waals surface area contributed by atoms with Gasteiger partial charge in [-0.3, -0.25) is 4.79 Å². The number of Topliss-reactive ketones (excluding diaryl/α,β-unsaturated/α-hetero) is 1. The van der Waals surface area contributed by atoms with Crippen molar-refractivity contribution in [2.45, 2.75) is 44.1 Å². The molecule has 0 radical (unpaired) electrons. The second-order valence-electron chi connectivity index (χ2n) is 4.98. The second-order valence-corrected chi connectivity index (χ2v) is 5.90. The van der Waals surface area contributed by atoms with E-state index in [1.54, 1.807) is 0 Å². The maximum Gasteiger partial charge on any atom is 0.210 e. The normalized spacial score (nSPS) is 22.1. The monoisotopic (exact) mass is 294 g/mol. The zero-order chi connectivity index (χ0) is 11.9. The minimum atomic E-state index is -0.542. The summed E-state index contributed by atoms with van der Waals surface area (Å²) in [6, 6.07) is 5.72. The SMILES string of the molecule is O=C1c2cc(Br)ccc2OC12CCCCCC2. The number of carbonyl (C=O) groups is 1. The molecule has 0 aromatic heterocycles. The third-order valence-corrected chi connectivity index (χ3v) is 4.31. The van der Waals surface area contributed by atoms with Crippen LogP contribution in [0, 0.1) is 0 Å². The van der Waals surface area contributed by atoms with E-state index >= 15 is 0 Å². The van der Waals surface area contributed by atoms with Crippen LogP contribution in [-0.4, -0.2) is 11.4 Å². The fourth-order valence-corrected chi connectivity index (χ4v) is 3.26. The van der Waals surface area contributed by atoms with Gasteiger partial charge in [0.15, 0.2) is 5.60 Å². The fourth-order valence-electron chi connectivity index (χ4n) is 2.90. The van der Waals surface area contributed by atoms with Gasteiger partial charge in [-0.15, -0.1) is 0 Å². The smallest absolute Gasteiger partial charge is 0.210 e. The summed E-state index contributed by atoms with van der Waals surface area (Å²) in [5, 5.41) is 0. The van der Waals surface area contributed by atoms with Crippen molar-refractivity contribution in [2.75, 3.05) is 0 Å².